The van der Waals surface area contributed by atoms with Crippen LogP contribution in [0.1, 0.15) is 21.6 Å². The summed E-state index contributed by atoms with van der Waals surface area (Å²) in [5.74, 6) is -0.124. The number of nitrogens with one attached hydrogen (secondary N) is 1. The number of thiophene rings is 1. The second kappa shape index (κ2) is 10.2. The molecule has 6 rings (SSSR count). The molecule has 0 saturated carbocycles. The van der Waals surface area contributed by atoms with Gasteiger partial charge in [0.1, 0.15) is 10.0 Å². The molecule has 36 heavy (non-hydrogen) atoms. The molecule has 1 amide bonds. The molecule has 178 valence electrons. The van der Waals surface area contributed by atoms with Gasteiger partial charge in [0.05, 0.1) is 10.2 Å². The lowest BCUT2D eigenvalue weighted by Crippen LogP contribution is -2.29. The van der Waals surface area contributed by atoms with Crippen LogP contribution in [0, 0.1) is 0 Å². The average Bonchev–Trinajstić information content (AvgIpc) is 3.49. The summed E-state index contributed by atoms with van der Waals surface area (Å²) in [6.07, 6.45) is 4.40. The lowest BCUT2D eigenvalue weighted by atomic mass is 10.0. The van der Waals surface area contributed by atoms with Crippen LogP contribution in [-0.2, 0) is 24.3 Å². The summed E-state index contributed by atoms with van der Waals surface area (Å²) in [5.41, 5.74) is 5.74. The normalized spacial score (nSPS) is 13.8. The first-order valence-corrected chi connectivity index (χ1v) is 13.7. The van der Waals surface area contributed by atoms with Gasteiger partial charge in [-0.15, -0.1) is 22.7 Å². The topological polar surface area (TPSA) is 45.2 Å². The highest BCUT2D eigenvalue weighted by molar-refractivity contribution is 7.23. The number of rotatable bonds is 6. The molecule has 0 fully saturated rings. The molecule has 5 aromatic rings. The zero-order chi connectivity index (χ0) is 24.3. The molecule has 3 heterocycles. The molecule has 0 unspecified atom stereocenters. The third kappa shape index (κ3) is 4.88. The number of para-hydroxylation sites is 1. The molecule has 0 radical (unpaired) electrons. The standard InChI is InChI=1S/C30H25N3OS2/c34-27(16-15-21-9-3-1-4-10-21)32-30-28(29-31-24-13-7-8-14-25(24)35-29)23-17-18-33(20-26(23)36-30)19-22-11-5-2-6-12-22/h1-16H,17-20H2,(H,32,34). The molecule has 2 aromatic heterocycles. The number of benzene rings is 3. The third-order valence-electron chi connectivity index (χ3n) is 6.36. The summed E-state index contributed by atoms with van der Waals surface area (Å²) in [6, 6.07) is 28.7. The molecule has 0 aliphatic carbocycles. The maximum Gasteiger partial charge on any atom is 0.249 e. The third-order valence-corrected chi connectivity index (χ3v) is 8.54. The molecule has 1 aliphatic rings. The quantitative estimate of drug-likeness (QED) is 0.247. The molecule has 0 bridgehead atoms. The van der Waals surface area contributed by atoms with Gasteiger partial charge in [-0.05, 0) is 41.3 Å². The molecule has 4 nitrogen and oxygen atoms in total. The van der Waals surface area contributed by atoms with E-state index in [2.05, 4.69) is 52.7 Å². The summed E-state index contributed by atoms with van der Waals surface area (Å²) in [5, 5.41) is 5.06. The van der Waals surface area contributed by atoms with Crippen LogP contribution in [0.25, 0.3) is 26.9 Å². The highest BCUT2D eigenvalue weighted by Crippen LogP contribution is 2.45. The number of thiazole rings is 1. The molecule has 0 atom stereocenters. The van der Waals surface area contributed by atoms with Crippen LogP contribution in [0.4, 0.5) is 5.00 Å². The Morgan fingerprint density at radius 3 is 2.50 bits per heavy atom. The van der Waals surface area contributed by atoms with Gasteiger partial charge < -0.3 is 5.32 Å². The monoisotopic (exact) mass is 507 g/mol. The van der Waals surface area contributed by atoms with Gasteiger partial charge in [-0.1, -0.05) is 72.8 Å². The van der Waals surface area contributed by atoms with Crippen LogP contribution in [0.3, 0.4) is 0 Å². The summed E-state index contributed by atoms with van der Waals surface area (Å²) in [4.78, 5) is 21.7. The SMILES string of the molecule is O=C(C=Cc1ccccc1)Nc1sc2c(c1-c1nc3ccccc3s1)CCN(Cc1ccccc1)C2. The van der Waals surface area contributed by atoms with Crippen molar-refractivity contribution in [3.8, 4) is 10.6 Å². The van der Waals surface area contributed by atoms with Crippen LogP contribution in [-0.4, -0.2) is 22.3 Å². The van der Waals surface area contributed by atoms with Gasteiger partial charge in [-0.25, -0.2) is 4.98 Å². The number of nitrogens with zero attached hydrogens (tertiary/aromatic N) is 2. The van der Waals surface area contributed by atoms with E-state index in [1.165, 1.54) is 16.0 Å². The maximum atomic E-state index is 12.9. The number of carbonyl (C=O) groups excluding carboxylic acids is 1. The lowest BCUT2D eigenvalue weighted by Gasteiger charge is -2.27. The van der Waals surface area contributed by atoms with Crippen molar-refractivity contribution in [2.24, 2.45) is 0 Å². The fourth-order valence-corrected chi connectivity index (χ4v) is 7.02. The van der Waals surface area contributed by atoms with E-state index in [1.54, 1.807) is 28.7 Å². The van der Waals surface area contributed by atoms with Gasteiger partial charge in [-0.3, -0.25) is 9.69 Å². The first kappa shape index (κ1) is 22.9. The summed E-state index contributed by atoms with van der Waals surface area (Å²) in [7, 11) is 0. The van der Waals surface area contributed by atoms with Crippen LogP contribution >= 0.6 is 22.7 Å². The zero-order valence-electron chi connectivity index (χ0n) is 19.7. The van der Waals surface area contributed by atoms with E-state index in [0.717, 1.165) is 57.4 Å². The average molecular weight is 508 g/mol. The van der Waals surface area contributed by atoms with Gasteiger partial charge in [0.2, 0.25) is 5.91 Å². The number of fused-ring (bicyclic) bond motifs is 2. The summed E-state index contributed by atoms with van der Waals surface area (Å²) >= 11 is 3.39. The lowest BCUT2D eigenvalue weighted by molar-refractivity contribution is -0.111. The Balaban J connectivity index is 1.32. The Kier molecular flexibility index (Phi) is 6.47. The van der Waals surface area contributed by atoms with Gasteiger partial charge in [0.25, 0.3) is 0 Å². The molecule has 6 heteroatoms. The molecule has 0 saturated heterocycles. The van der Waals surface area contributed by atoms with Crippen molar-refractivity contribution in [3.05, 3.63) is 113 Å². The van der Waals surface area contributed by atoms with E-state index in [9.17, 15) is 4.79 Å². The Bertz CT molecular complexity index is 1500. The van der Waals surface area contributed by atoms with E-state index in [0.29, 0.717) is 0 Å². The maximum absolute atomic E-state index is 12.9. The fourth-order valence-electron chi connectivity index (χ4n) is 4.62. The van der Waals surface area contributed by atoms with Crippen LogP contribution < -0.4 is 5.32 Å². The van der Waals surface area contributed by atoms with E-state index in [1.807, 2.05) is 48.5 Å². The second-order valence-electron chi connectivity index (χ2n) is 8.87. The van der Waals surface area contributed by atoms with Crippen molar-refractivity contribution in [2.75, 3.05) is 11.9 Å². The van der Waals surface area contributed by atoms with Gasteiger partial charge in [0.15, 0.2) is 0 Å². The van der Waals surface area contributed by atoms with E-state index in [-0.39, 0.29) is 5.91 Å². The predicted molar refractivity (Wildman–Crippen MR) is 151 cm³/mol. The molecular formula is C30H25N3OS2. The highest BCUT2D eigenvalue weighted by Gasteiger charge is 2.27. The van der Waals surface area contributed by atoms with Crippen molar-refractivity contribution >= 4 is 49.9 Å². The smallest absolute Gasteiger partial charge is 0.249 e. The molecule has 3 aromatic carbocycles. The van der Waals surface area contributed by atoms with Gasteiger partial charge in [0, 0.05) is 36.2 Å². The molecule has 0 spiro atoms. The van der Waals surface area contributed by atoms with E-state index >= 15 is 0 Å². The number of hydrogen-bond acceptors (Lipinski definition) is 5. The van der Waals surface area contributed by atoms with Crippen molar-refractivity contribution in [3.63, 3.8) is 0 Å². The predicted octanol–water partition coefficient (Wildman–Crippen LogP) is 7.24. The van der Waals surface area contributed by atoms with Gasteiger partial charge in [-0.2, -0.15) is 0 Å². The minimum absolute atomic E-state index is 0.124. The minimum atomic E-state index is -0.124. The number of carbonyl (C=O) groups is 1. The first-order valence-electron chi connectivity index (χ1n) is 12.0. The Labute approximate surface area is 218 Å². The first-order chi connectivity index (χ1) is 17.7. The summed E-state index contributed by atoms with van der Waals surface area (Å²) in [6.45, 7) is 2.79. The van der Waals surface area contributed by atoms with Crippen LogP contribution in [0.2, 0.25) is 0 Å². The number of amides is 1. The van der Waals surface area contributed by atoms with Crippen molar-refractivity contribution < 1.29 is 4.79 Å². The molecular weight excluding hydrogens is 482 g/mol. The number of hydrogen-bond donors (Lipinski definition) is 1. The Morgan fingerprint density at radius 2 is 1.69 bits per heavy atom. The number of anilines is 1. The summed E-state index contributed by atoms with van der Waals surface area (Å²) < 4.78 is 1.16. The van der Waals surface area contributed by atoms with E-state index < -0.39 is 0 Å². The Hall–Kier alpha value is -3.58. The van der Waals surface area contributed by atoms with Gasteiger partial charge >= 0.3 is 0 Å². The highest BCUT2D eigenvalue weighted by atomic mass is 32.1. The minimum Gasteiger partial charge on any atom is -0.313 e. The largest absolute Gasteiger partial charge is 0.313 e. The van der Waals surface area contributed by atoms with E-state index in [4.69, 9.17) is 4.98 Å². The molecule has 1 N–H and O–H groups in total. The van der Waals surface area contributed by atoms with Crippen molar-refractivity contribution in [2.45, 2.75) is 19.5 Å². The van der Waals surface area contributed by atoms with Crippen LogP contribution in [0.5, 0.6) is 0 Å². The fraction of sp³-hybridized carbons (Fsp3) is 0.133. The Morgan fingerprint density at radius 1 is 0.944 bits per heavy atom. The van der Waals surface area contributed by atoms with Crippen LogP contribution in [0.15, 0.2) is 91.0 Å². The zero-order valence-corrected chi connectivity index (χ0v) is 21.3. The van der Waals surface area contributed by atoms with Crippen molar-refractivity contribution in [1.29, 1.82) is 0 Å². The van der Waals surface area contributed by atoms with Crippen molar-refractivity contribution in [1.82, 2.24) is 9.88 Å². The second-order valence-corrected chi connectivity index (χ2v) is 11.0. The number of aromatic nitrogens is 1. The molecule has 1 aliphatic heterocycles.